The van der Waals surface area contributed by atoms with Crippen LogP contribution < -0.4 is 14.2 Å². The molecule has 1 unspecified atom stereocenters. The van der Waals surface area contributed by atoms with E-state index in [9.17, 15) is 5.11 Å². The van der Waals surface area contributed by atoms with Crippen LogP contribution in [-0.4, -0.2) is 37.9 Å². The molecule has 2 aromatic carbocycles. The second-order valence-electron chi connectivity index (χ2n) is 6.61. The van der Waals surface area contributed by atoms with Crippen LogP contribution in [-0.2, 0) is 19.4 Å². The summed E-state index contributed by atoms with van der Waals surface area (Å²) in [6.45, 7) is 1.83. The van der Waals surface area contributed by atoms with E-state index in [-0.39, 0.29) is 11.8 Å². The van der Waals surface area contributed by atoms with Gasteiger partial charge in [0.15, 0.2) is 23.0 Å². The maximum absolute atomic E-state index is 10.7. The van der Waals surface area contributed by atoms with E-state index < -0.39 is 0 Å². The zero-order chi connectivity index (χ0) is 17.6. The van der Waals surface area contributed by atoms with Gasteiger partial charge in [0.25, 0.3) is 0 Å². The molecule has 0 spiro atoms. The van der Waals surface area contributed by atoms with Gasteiger partial charge in [0.2, 0.25) is 0 Å². The first-order valence-electron chi connectivity index (χ1n) is 8.52. The number of rotatable bonds is 3. The summed E-state index contributed by atoms with van der Waals surface area (Å²) in [7, 11) is 4.92. The first-order valence-corrected chi connectivity index (χ1v) is 8.52. The van der Waals surface area contributed by atoms with E-state index in [0.717, 1.165) is 43.0 Å². The van der Waals surface area contributed by atoms with Gasteiger partial charge < -0.3 is 19.3 Å². The number of ether oxygens (including phenoxy) is 3. The minimum absolute atomic E-state index is 0.157. The van der Waals surface area contributed by atoms with Gasteiger partial charge in [-0.1, -0.05) is 6.07 Å². The van der Waals surface area contributed by atoms with Gasteiger partial charge in [0, 0.05) is 24.7 Å². The van der Waals surface area contributed by atoms with Crippen LogP contribution in [0.15, 0.2) is 24.3 Å². The first-order chi connectivity index (χ1) is 12.2. The quantitative estimate of drug-likeness (QED) is 0.930. The Kier molecular flexibility index (Phi) is 3.96. The highest BCUT2D eigenvalue weighted by atomic mass is 16.5. The van der Waals surface area contributed by atoms with Gasteiger partial charge in [0.1, 0.15) is 0 Å². The number of methoxy groups -OCH3 is 3. The van der Waals surface area contributed by atoms with Crippen LogP contribution in [0, 0.1) is 0 Å². The molecule has 0 fully saturated rings. The number of nitrogens with zero attached hydrogens (tertiary/aromatic N) is 1. The van der Waals surface area contributed by atoms with Gasteiger partial charge in [0.05, 0.1) is 21.3 Å². The van der Waals surface area contributed by atoms with Crippen LogP contribution in [0.2, 0.25) is 0 Å². The average Bonchev–Trinajstić information content (AvgIpc) is 2.65. The summed E-state index contributed by atoms with van der Waals surface area (Å²) in [6, 6.07) is 8.23. The van der Waals surface area contributed by atoms with Crippen molar-refractivity contribution >= 4 is 0 Å². The third kappa shape index (κ3) is 2.50. The lowest BCUT2D eigenvalue weighted by Crippen LogP contribution is -2.39. The minimum Gasteiger partial charge on any atom is -0.504 e. The number of fused-ring (bicyclic) bond motifs is 4. The van der Waals surface area contributed by atoms with E-state index in [0.29, 0.717) is 5.75 Å². The number of hydrogen-bond acceptors (Lipinski definition) is 5. The lowest BCUT2D eigenvalue weighted by atomic mass is 9.83. The van der Waals surface area contributed by atoms with Gasteiger partial charge in [-0.3, -0.25) is 4.90 Å². The van der Waals surface area contributed by atoms with Crippen LogP contribution in [0.5, 0.6) is 23.0 Å². The van der Waals surface area contributed by atoms with Crippen LogP contribution in [0.3, 0.4) is 0 Å². The Hall–Kier alpha value is -2.40. The Bertz CT molecular complexity index is 818. The molecule has 1 atom stereocenters. The van der Waals surface area contributed by atoms with E-state index in [4.69, 9.17) is 14.2 Å². The van der Waals surface area contributed by atoms with Crippen molar-refractivity contribution in [1.29, 1.82) is 0 Å². The van der Waals surface area contributed by atoms with Crippen LogP contribution in [0.25, 0.3) is 0 Å². The van der Waals surface area contributed by atoms with Crippen molar-refractivity contribution in [3.8, 4) is 23.0 Å². The second-order valence-corrected chi connectivity index (χ2v) is 6.61. The predicted molar refractivity (Wildman–Crippen MR) is 94.8 cm³/mol. The Morgan fingerprint density at radius 2 is 1.60 bits per heavy atom. The SMILES string of the molecule is COc1cc2c(cc1OC)CN1CCc3ccc(OC)c(O)c3C1C2. The zero-order valence-electron chi connectivity index (χ0n) is 14.8. The van der Waals surface area contributed by atoms with Crippen molar-refractivity contribution in [3.05, 3.63) is 46.5 Å². The third-order valence-corrected chi connectivity index (χ3v) is 5.43. The molecule has 132 valence electrons. The van der Waals surface area contributed by atoms with Crippen LogP contribution in [0.1, 0.15) is 28.3 Å². The Labute approximate surface area is 147 Å². The van der Waals surface area contributed by atoms with Crippen molar-refractivity contribution in [1.82, 2.24) is 4.90 Å². The summed E-state index contributed by atoms with van der Waals surface area (Å²) in [5.74, 6) is 2.33. The van der Waals surface area contributed by atoms with E-state index in [1.807, 2.05) is 6.07 Å². The molecule has 5 nitrogen and oxygen atoms in total. The number of aromatic hydroxyl groups is 1. The van der Waals surface area contributed by atoms with Gasteiger partial charge in [-0.05, 0) is 47.7 Å². The largest absolute Gasteiger partial charge is 0.504 e. The first kappa shape index (κ1) is 16.1. The fraction of sp³-hybridized carbons (Fsp3) is 0.400. The van der Waals surface area contributed by atoms with E-state index >= 15 is 0 Å². The minimum atomic E-state index is 0.157. The molecule has 0 saturated carbocycles. The molecule has 0 aromatic heterocycles. The molecule has 2 aliphatic heterocycles. The zero-order valence-corrected chi connectivity index (χ0v) is 14.8. The molecule has 2 heterocycles. The summed E-state index contributed by atoms with van der Waals surface area (Å²) in [5, 5.41) is 10.7. The summed E-state index contributed by atoms with van der Waals surface area (Å²) in [5.41, 5.74) is 4.73. The molecule has 2 aliphatic rings. The molecule has 0 bridgehead atoms. The topological polar surface area (TPSA) is 51.2 Å². The molecule has 5 heteroatoms. The molecule has 0 saturated heterocycles. The summed E-state index contributed by atoms with van der Waals surface area (Å²) in [6.07, 6.45) is 1.77. The monoisotopic (exact) mass is 341 g/mol. The van der Waals surface area contributed by atoms with E-state index in [1.165, 1.54) is 16.7 Å². The van der Waals surface area contributed by atoms with Crippen LogP contribution in [0.4, 0.5) is 0 Å². The fourth-order valence-electron chi connectivity index (χ4n) is 4.13. The highest BCUT2D eigenvalue weighted by Crippen LogP contribution is 2.46. The van der Waals surface area contributed by atoms with Crippen molar-refractivity contribution in [2.75, 3.05) is 27.9 Å². The molecular formula is C20H23NO4. The highest BCUT2D eigenvalue weighted by molar-refractivity contribution is 5.55. The lowest BCUT2D eigenvalue weighted by molar-refractivity contribution is 0.156. The summed E-state index contributed by atoms with van der Waals surface area (Å²) < 4.78 is 16.2. The smallest absolute Gasteiger partial charge is 0.162 e. The van der Waals surface area contributed by atoms with Gasteiger partial charge in [-0.25, -0.2) is 0 Å². The molecular weight excluding hydrogens is 318 g/mol. The molecule has 2 aromatic rings. The van der Waals surface area contributed by atoms with Crippen LogP contribution >= 0.6 is 0 Å². The Morgan fingerprint density at radius 3 is 2.28 bits per heavy atom. The molecule has 0 amide bonds. The molecule has 4 rings (SSSR count). The molecule has 1 N–H and O–H groups in total. The summed E-state index contributed by atoms with van der Waals surface area (Å²) in [4.78, 5) is 2.43. The van der Waals surface area contributed by atoms with Crippen molar-refractivity contribution in [2.24, 2.45) is 0 Å². The Morgan fingerprint density at radius 1 is 0.920 bits per heavy atom. The molecule has 0 radical (unpaired) electrons. The normalized spacial score (nSPS) is 18.8. The summed E-state index contributed by atoms with van der Waals surface area (Å²) >= 11 is 0. The van der Waals surface area contributed by atoms with E-state index in [2.05, 4.69) is 23.1 Å². The molecule has 0 aliphatic carbocycles. The highest BCUT2D eigenvalue weighted by Gasteiger charge is 2.35. The second kappa shape index (κ2) is 6.15. The fourth-order valence-corrected chi connectivity index (χ4v) is 4.13. The van der Waals surface area contributed by atoms with Gasteiger partial charge in [-0.2, -0.15) is 0 Å². The Balaban J connectivity index is 1.78. The predicted octanol–water partition coefficient (Wildman–Crippen LogP) is 3.07. The number of hydrogen-bond donors (Lipinski definition) is 1. The van der Waals surface area contributed by atoms with Crippen molar-refractivity contribution < 1.29 is 19.3 Å². The van der Waals surface area contributed by atoms with Gasteiger partial charge >= 0.3 is 0 Å². The third-order valence-electron chi connectivity index (χ3n) is 5.43. The average molecular weight is 341 g/mol. The number of phenols is 1. The van der Waals surface area contributed by atoms with E-state index in [1.54, 1.807) is 21.3 Å². The van der Waals surface area contributed by atoms with Gasteiger partial charge in [-0.15, -0.1) is 0 Å². The standard InChI is InChI=1S/C20H23NO4/c1-23-16-5-4-12-6-7-21-11-14-10-18(25-3)17(24-2)9-13(14)8-15(21)19(12)20(16)22/h4-5,9-10,15,22H,6-8,11H2,1-3H3. The number of phenolic OH excluding ortho intramolecular Hbond substituents is 1. The maximum atomic E-state index is 10.7. The van der Waals surface area contributed by atoms with Crippen molar-refractivity contribution in [3.63, 3.8) is 0 Å². The maximum Gasteiger partial charge on any atom is 0.162 e. The van der Waals surface area contributed by atoms with Crippen molar-refractivity contribution in [2.45, 2.75) is 25.4 Å². The number of benzene rings is 2. The molecule has 25 heavy (non-hydrogen) atoms. The lowest BCUT2D eigenvalue weighted by Gasteiger charge is -2.42.